The first-order chi connectivity index (χ1) is 11.2. The van der Waals surface area contributed by atoms with Crippen molar-refractivity contribution in [2.75, 3.05) is 5.32 Å². The number of rotatable bonds is 4. The minimum Gasteiger partial charge on any atom is -0.331 e. The molecule has 118 valence electrons. The van der Waals surface area contributed by atoms with Crippen LogP contribution >= 0.6 is 0 Å². The van der Waals surface area contributed by atoms with Crippen LogP contribution in [0.4, 0.5) is 14.9 Å². The lowest BCUT2D eigenvalue weighted by atomic mass is 10.3. The SMILES string of the molecule is CCn1c(CNC(=O)Nc2ccccc2F)nc2ccccc21. The zero-order valence-electron chi connectivity index (χ0n) is 12.7. The Morgan fingerprint density at radius 1 is 1.17 bits per heavy atom. The molecular weight excluding hydrogens is 295 g/mol. The molecule has 0 fully saturated rings. The van der Waals surface area contributed by atoms with E-state index < -0.39 is 11.8 Å². The lowest BCUT2D eigenvalue weighted by molar-refractivity contribution is 0.251. The minimum absolute atomic E-state index is 0.147. The van der Waals surface area contributed by atoms with Crippen molar-refractivity contribution in [1.82, 2.24) is 14.9 Å². The standard InChI is InChI=1S/C17H17FN4O/c1-2-22-15-10-6-5-9-14(15)20-16(22)11-19-17(23)21-13-8-4-3-7-12(13)18/h3-10H,2,11H2,1H3,(H2,19,21,23). The van der Waals surface area contributed by atoms with Crippen LogP contribution in [-0.4, -0.2) is 15.6 Å². The monoisotopic (exact) mass is 312 g/mol. The molecule has 23 heavy (non-hydrogen) atoms. The molecule has 6 heteroatoms. The number of amides is 2. The Bertz CT molecular complexity index is 843. The van der Waals surface area contributed by atoms with Crippen molar-refractivity contribution in [3.8, 4) is 0 Å². The summed E-state index contributed by atoms with van der Waals surface area (Å²) in [5.74, 6) is 0.292. The fourth-order valence-electron chi connectivity index (χ4n) is 2.50. The number of aryl methyl sites for hydroxylation is 1. The fraction of sp³-hybridized carbons (Fsp3) is 0.176. The summed E-state index contributed by atoms with van der Waals surface area (Å²) in [5.41, 5.74) is 2.07. The number of nitrogens with one attached hydrogen (secondary N) is 2. The molecule has 3 aromatic rings. The molecule has 2 amide bonds. The summed E-state index contributed by atoms with van der Waals surface area (Å²) >= 11 is 0. The lowest BCUT2D eigenvalue weighted by Crippen LogP contribution is -2.29. The van der Waals surface area contributed by atoms with Gasteiger partial charge >= 0.3 is 6.03 Å². The normalized spacial score (nSPS) is 10.7. The highest BCUT2D eigenvalue weighted by Crippen LogP contribution is 2.16. The third-order valence-corrected chi connectivity index (χ3v) is 3.58. The van der Waals surface area contributed by atoms with E-state index in [9.17, 15) is 9.18 Å². The van der Waals surface area contributed by atoms with Crippen LogP contribution in [0.1, 0.15) is 12.7 Å². The van der Waals surface area contributed by atoms with Gasteiger partial charge in [0.15, 0.2) is 0 Å². The van der Waals surface area contributed by atoms with Crippen molar-refractivity contribution in [2.45, 2.75) is 20.0 Å². The van der Waals surface area contributed by atoms with Gasteiger partial charge in [-0.05, 0) is 31.2 Å². The molecule has 0 saturated carbocycles. The number of carbonyl (C=O) groups excluding carboxylic acids is 1. The predicted molar refractivity (Wildman–Crippen MR) is 87.7 cm³/mol. The summed E-state index contributed by atoms with van der Waals surface area (Å²) in [6.45, 7) is 3.05. The van der Waals surface area contributed by atoms with E-state index in [1.807, 2.05) is 35.8 Å². The molecule has 1 heterocycles. The zero-order valence-corrected chi connectivity index (χ0v) is 12.7. The second-order valence-corrected chi connectivity index (χ2v) is 5.05. The highest BCUT2D eigenvalue weighted by atomic mass is 19.1. The topological polar surface area (TPSA) is 59.0 Å². The van der Waals surface area contributed by atoms with E-state index in [0.717, 1.165) is 23.4 Å². The van der Waals surface area contributed by atoms with Gasteiger partial charge in [0.25, 0.3) is 0 Å². The zero-order chi connectivity index (χ0) is 16.2. The van der Waals surface area contributed by atoms with Crippen molar-refractivity contribution in [1.29, 1.82) is 0 Å². The molecule has 0 aliphatic rings. The van der Waals surface area contributed by atoms with E-state index in [0.29, 0.717) is 0 Å². The molecule has 0 aliphatic carbocycles. The van der Waals surface area contributed by atoms with Gasteiger partial charge in [-0.3, -0.25) is 0 Å². The highest BCUT2D eigenvalue weighted by molar-refractivity contribution is 5.89. The number of urea groups is 1. The molecule has 3 rings (SSSR count). The lowest BCUT2D eigenvalue weighted by Gasteiger charge is -2.09. The molecule has 0 saturated heterocycles. The number of anilines is 1. The van der Waals surface area contributed by atoms with E-state index in [-0.39, 0.29) is 12.2 Å². The van der Waals surface area contributed by atoms with Crippen molar-refractivity contribution >= 4 is 22.8 Å². The Kier molecular flexibility index (Phi) is 4.23. The number of fused-ring (bicyclic) bond motifs is 1. The maximum Gasteiger partial charge on any atom is 0.319 e. The number of imidazole rings is 1. The molecule has 0 aliphatic heterocycles. The maximum atomic E-state index is 13.5. The number of benzene rings is 2. The first-order valence-corrected chi connectivity index (χ1v) is 7.42. The average Bonchev–Trinajstić information content (AvgIpc) is 2.92. The number of carbonyl (C=O) groups is 1. The molecular formula is C17H17FN4O. The average molecular weight is 312 g/mol. The summed E-state index contributed by atoms with van der Waals surface area (Å²) in [6, 6.07) is 13.4. The molecule has 1 aromatic heterocycles. The van der Waals surface area contributed by atoms with Crippen LogP contribution in [0.5, 0.6) is 0 Å². The summed E-state index contributed by atoms with van der Waals surface area (Å²) in [4.78, 5) is 16.5. The number of hydrogen-bond donors (Lipinski definition) is 2. The van der Waals surface area contributed by atoms with Gasteiger partial charge < -0.3 is 15.2 Å². The van der Waals surface area contributed by atoms with Gasteiger partial charge in [0.05, 0.1) is 23.3 Å². The van der Waals surface area contributed by atoms with Gasteiger partial charge in [0.2, 0.25) is 0 Å². The van der Waals surface area contributed by atoms with Crippen molar-refractivity contribution in [3.05, 3.63) is 60.2 Å². The summed E-state index contributed by atoms with van der Waals surface area (Å²) < 4.78 is 15.6. The van der Waals surface area contributed by atoms with Crippen LogP contribution in [0.2, 0.25) is 0 Å². The van der Waals surface area contributed by atoms with Crippen LogP contribution in [0.15, 0.2) is 48.5 Å². The largest absolute Gasteiger partial charge is 0.331 e. The first-order valence-electron chi connectivity index (χ1n) is 7.42. The van der Waals surface area contributed by atoms with E-state index in [4.69, 9.17) is 0 Å². The molecule has 2 aromatic carbocycles. The molecule has 0 spiro atoms. The van der Waals surface area contributed by atoms with E-state index in [2.05, 4.69) is 15.6 Å². The Hall–Kier alpha value is -2.89. The van der Waals surface area contributed by atoms with Crippen molar-refractivity contribution in [2.24, 2.45) is 0 Å². The van der Waals surface area contributed by atoms with Gasteiger partial charge in [-0.2, -0.15) is 0 Å². The number of hydrogen-bond acceptors (Lipinski definition) is 2. The number of nitrogens with zero attached hydrogens (tertiary/aromatic N) is 2. The maximum absolute atomic E-state index is 13.5. The van der Waals surface area contributed by atoms with Crippen molar-refractivity contribution in [3.63, 3.8) is 0 Å². The van der Waals surface area contributed by atoms with Crippen LogP contribution in [-0.2, 0) is 13.1 Å². The second kappa shape index (κ2) is 6.48. The first kappa shape index (κ1) is 15.0. The van der Waals surface area contributed by atoms with E-state index in [1.165, 1.54) is 12.1 Å². The van der Waals surface area contributed by atoms with Gasteiger partial charge in [-0.25, -0.2) is 14.2 Å². The molecule has 0 bridgehead atoms. The Balaban J connectivity index is 1.71. The number of halogens is 1. The van der Waals surface area contributed by atoms with E-state index in [1.54, 1.807) is 12.1 Å². The Labute approximate surface area is 133 Å². The smallest absolute Gasteiger partial charge is 0.319 e. The quantitative estimate of drug-likeness (QED) is 0.774. The molecule has 5 nitrogen and oxygen atoms in total. The molecule has 0 radical (unpaired) electrons. The van der Waals surface area contributed by atoms with Crippen LogP contribution in [0, 0.1) is 5.82 Å². The van der Waals surface area contributed by atoms with Gasteiger partial charge in [0, 0.05) is 6.54 Å². The van der Waals surface area contributed by atoms with Gasteiger partial charge in [-0.15, -0.1) is 0 Å². The summed E-state index contributed by atoms with van der Waals surface area (Å²) in [7, 11) is 0. The Morgan fingerprint density at radius 2 is 1.91 bits per heavy atom. The molecule has 2 N–H and O–H groups in total. The van der Waals surface area contributed by atoms with Crippen molar-refractivity contribution < 1.29 is 9.18 Å². The van der Waals surface area contributed by atoms with Crippen LogP contribution in [0.3, 0.4) is 0 Å². The highest BCUT2D eigenvalue weighted by Gasteiger charge is 2.11. The van der Waals surface area contributed by atoms with E-state index >= 15 is 0 Å². The molecule has 0 atom stereocenters. The van der Waals surface area contributed by atoms with Gasteiger partial charge in [-0.1, -0.05) is 24.3 Å². The third kappa shape index (κ3) is 3.15. The molecule has 0 unspecified atom stereocenters. The van der Waals surface area contributed by atoms with Crippen LogP contribution < -0.4 is 10.6 Å². The summed E-state index contributed by atoms with van der Waals surface area (Å²) in [6.07, 6.45) is 0. The van der Waals surface area contributed by atoms with Crippen LogP contribution in [0.25, 0.3) is 11.0 Å². The number of para-hydroxylation sites is 3. The predicted octanol–water partition coefficient (Wildman–Crippen LogP) is 3.52. The summed E-state index contributed by atoms with van der Waals surface area (Å²) in [5, 5.41) is 5.20. The van der Waals surface area contributed by atoms with Gasteiger partial charge in [0.1, 0.15) is 11.6 Å². The fourth-order valence-corrected chi connectivity index (χ4v) is 2.50. The minimum atomic E-state index is -0.469. The second-order valence-electron chi connectivity index (χ2n) is 5.05. The third-order valence-electron chi connectivity index (χ3n) is 3.58. The number of aromatic nitrogens is 2. The Morgan fingerprint density at radius 3 is 2.70 bits per heavy atom.